The molecule has 1 aliphatic heterocycles. The molecule has 0 aliphatic carbocycles. The van der Waals surface area contributed by atoms with Crippen molar-refractivity contribution in [3.63, 3.8) is 0 Å². The van der Waals surface area contributed by atoms with Crippen LogP contribution in [0.3, 0.4) is 0 Å². The van der Waals surface area contributed by atoms with Crippen molar-refractivity contribution >= 4 is 23.8 Å². The number of ether oxygens (including phenoxy) is 1. The van der Waals surface area contributed by atoms with Crippen LogP contribution in [0, 0.1) is 0 Å². The first kappa shape index (κ1) is 18.1. The molecule has 1 aliphatic rings. The monoisotopic (exact) mass is 368 g/mol. The number of amides is 2. The maximum Gasteiger partial charge on any atom is 0.338 e. The first-order valence-corrected chi connectivity index (χ1v) is 9.44. The van der Waals surface area contributed by atoms with Crippen LogP contribution < -0.4 is 10.6 Å². The molecule has 0 radical (unpaired) electrons. The van der Waals surface area contributed by atoms with E-state index in [1.54, 1.807) is 18.7 Å². The molecule has 0 saturated heterocycles. The van der Waals surface area contributed by atoms with Gasteiger partial charge in [-0.05, 0) is 36.4 Å². The topological polar surface area (TPSA) is 67.4 Å². The van der Waals surface area contributed by atoms with Gasteiger partial charge in [0.05, 0.1) is 11.6 Å². The van der Waals surface area contributed by atoms with E-state index in [1.807, 2.05) is 60.9 Å². The average Bonchev–Trinajstić information content (AvgIpc) is 2.66. The van der Waals surface area contributed by atoms with Gasteiger partial charge in [-0.1, -0.05) is 42.5 Å². The predicted molar refractivity (Wildman–Crippen MR) is 102 cm³/mol. The number of carbonyl (C=O) groups is 2. The minimum Gasteiger partial charge on any atom is -0.457 e. The van der Waals surface area contributed by atoms with E-state index in [9.17, 15) is 9.59 Å². The lowest BCUT2D eigenvalue weighted by Gasteiger charge is -2.28. The highest BCUT2D eigenvalue weighted by Crippen LogP contribution is 2.29. The zero-order chi connectivity index (χ0) is 18.5. The van der Waals surface area contributed by atoms with Crippen molar-refractivity contribution < 1.29 is 14.3 Å². The van der Waals surface area contributed by atoms with Crippen LogP contribution in [0.15, 0.2) is 70.8 Å². The van der Waals surface area contributed by atoms with Crippen LogP contribution in [0.1, 0.15) is 24.1 Å². The van der Waals surface area contributed by atoms with Gasteiger partial charge in [-0.2, -0.15) is 0 Å². The number of hydrogen-bond donors (Lipinski definition) is 2. The standard InChI is InChI=1S/C20H20N2O3S/c1-13-17(19(23)25-12-14-6-4-3-5-7-14)18(22-20(24)21-13)15-8-10-16(26-2)11-9-15/h3-11,18H,12H2,1-2H3,(H2,21,22,24). The second-order valence-corrected chi connectivity index (χ2v) is 6.78. The van der Waals surface area contributed by atoms with Gasteiger partial charge in [0.15, 0.2) is 0 Å². The summed E-state index contributed by atoms with van der Waals surface area (Å²) < 4.78 is 5.48. The maximum atomic E-state index is 12.7. The number of allylic oxidation sites excluding steroid dienone is 1. The summed E-state index contributed by atoms with van der Waals surface area (Å²) in [7, 11) is 0. The molecule has 134 valence electrons. The number of rotatable bonds is 5. The fraction of sp³-hybridized carbons (Fsp3) is 0.200. The molecule has 1 heterocycles. The molecule has 1 atom stereocenters. The lowest BCUT2D eigenvalue weighted by molar-refractivity contribution is -0.140. The Morgan fingerprint density at radius 1 is 1.12 bits per heavy atom. The Labute approximate surface area is 156 Å². The molecule has 2 amide bonds. The van der Waals surface area contributed by atoms with E-state index in [2.05, 4.69) is 10.6 Å². The number of hydrogen-bond acceptors (Lipinski definition) is 4. The van der Waals surface area contributed by atoms with Gasteiger partial charge in [-0.25, -0.2) is 9.59 Å². The van der Waals surface area contributed by atoms with Crippen LogP contribution in [-0.2, 0) is 16.1 Å². The zero-order valence-electron chi connectivity index (χ0n) is 14.6. The summed E-state index contributed by atoms with van der Waals surface area (Å²) in [6, 6.07) is 16.4. The van der Waals surface area contributed by atoms with Crippen LogP contribution in [-0.4, -0.2) is 18.3 Å². The summed E-state index contributed by atoms with van der Waals surface area (Å²) in [6.07, 6.45) is 2.00. The Morgan fingerprint density at radius 3 is 2.46 bits per heavy atom. The van der Waals surface area contributed by atoms with E-state index in [4.69, 9.17) is 4.74 Å². The van der Waals surface area contributed by atoms with Crippen molar-refractivity contribution in [2.75, 3.05) is 6.26 Å². The Kier molecular flexibility index (Phi) is 5.63. The van der Waals surface area contributed by atoms with E-state index in [1.165, 1.54) is 0 Å². The quantitative estimate of drug-likeness (QED) is 0.623. The van der Waals surface area contributed by atoms with Gasteiger partial charge in [0.25, 0.3) is 0 Å². The van der Waals surface area contributed by atoms with Gasteiger partial charge < -0.3 is 15.4 Å². The van der Waals surface area contributed by atoms with Gasteiger partial charge >= 0.3 is 12.0 Å². The number of urea groups is 1. The smallest absolute Gasteiger partial charge is 0.338 e. The summed E-state index contributed by atoms with van der Waals surface area (Å²) in [4.78, 5) is 25.7. The highest BCUT2D eigenvalue weighted by molar-refractivity contribution is 7.98. The van der Waals surface area contributed by atoms with Gasteiger partial charge in [-0.3, -0.25) is 0 Å². The molecule has 0 aromatic heterocycles. The Hall–Kier alpha value is -2.73. The molecule has 3 rings (SSSR count). The molecule has 2 aromatic carbocycles. The van der Waals surface area contributed by atoms with Gasteiger partial charge in [0.1, 0.15) is 6.61 Å². The molecular formula is C20H20N2O3S. The Morgan fingerprint density at radius 2 is 1.81 bits per heavy atom. The third-order valence-corrected chi connectivity index (χ3v) is 4.89. The third kappa shape index (κ3) is 4.08. The average molecular weight is 368 g/mol. The fourth-order valence-corrected chi connectivity index (χ4v) is 3.22. The lowest BCUT2D eigenvalue weighted by Crippen LogP contribution is -2.45. The minimum atomic E-state index is -0.539. The van der Waals surface area contributed by atoms with Crippen LogP contribution in [0.5, 0.6) is 0 Å². The normalized spacial score (nSPS) is 16.7. The number of carbonyl (C=O) groups excluding carboxylic acids is 2. The largest absolute Gasteiger partial charge is 0.457 e. The van der Waals surface area contributed by atoms with Crippen molar-refractivity contribution in [1.29, 1.82) is 0 Å². The molecule has 0 bridgehead atoms. The summed E-state index contributed by atoms with van der Waals surface area (Å²) in [5.74, 6) is -0.446. The van der Waals surface area contributed by atoms with Crippen molar-refractivity contribution in [1.82, 2.24) is 10.6 Å². The summed E-state index contributed by atoms with van der Waals surface area (Å²) in [5.41, 5.74) is 2.67. The SMILES string of the molecule is CSc1ccc(C2NC(=O)NC(C)=C2C(=O)OCc2ccccc2)cc1. The number of benzene rings is 2. The van der Waals surface area contributed by atoms with Gasteiger partial charge in [-0.15, -0.1) is 11.8 Å². The van der Waals surface area contributed by atoms with Gasteiger partial charge in [0, 0.05) is 10.6 Å². The molecule has 2 N–H and O–H groups in total. The fourth-order valence-electron chi connectivity index (χ4n) is 2.81. The van der Waals surface area contributed by atoms with E-state index >= 15 is 0 Å². The summed E-state index contributed by atoms with van der Waals surface area (Å²) in [5, 5.41) is 5.47. The first-order valence-electron chi connectivity index (χ1n) is 8.22. The molecule has 26 heavy (non-hydrogen) atoms. The van der Waals surface area contributed by atoms with Crippen LogP contribution in [0.2, 0.25) is 0 Å². The second kappa shape index (κ2) is 8.10. The molecule has 1 unspecified atom stereocenters. The van der Waals surface area contributed by atoms with Crippen molar-refractivity contribution in [2.45, 2.75) is 24.5 Å². The number of nitrogens with one attached hydrogen (secondary N) is 2. The van der Waals surface area contributed by atoms with Crippen molar-refractivity contribution in [3.05, 3.63) is 77.0 Å². The van der Waals surface area contributed by atoms with Crippen LogP contribution in [0.4, 0.5) is 4.79 Å². The molecule has 2 aromatic rings. The molecule has 0 spiro atoms. The van der Waals surface area contributed by atoms with Crippen LogP contribution >= 0.6 is 11.8 Å². The van der Waals surface area contributed by atoms with Crippen molar-refractivity contribution in [3.8, 4) is 0 Å². The van der Waals surface area contributed by atoms with E-state index in [0.717, 1.165) is 16.0 Å². The second-order valence-electron chi connectivity index (χ2n) is 5.91. The first-order chi connectivity index (χ1) is 12.6. The Bertz CT molecular complexity index is 832. The minimum absolute atomic E-state index is 0.183. The Balaban J connectivity index is 1.83. The van der Waals surface area contributed by atoms with Crippen LogP contribution in [0.25, 0.3) is 0 Å². The van der Waals surface area contributed by atoms with E-state index < -0.39 is 12.0 Å². The number of esters is 1. The van der Waals surface area contributed by atoms with E-state index in [0.29, 0.717) is 11.3 Å². The highest BCUT2D eigenvalue weighted by atomic mass is 32.2. The molecule has 6 heteroatoms. The van der Waals surface area contributed by atoms with Gasteiger partial charge in [0.2, 0.25) is 0 Å². The molecule has 0 fully saturated rings. The summed E-state index contributed by atoms with van der Waals surface area (Å²) >= 11 is 1.63. The maximum absolute atomic E-state index is 12.7. The van der Waals surface area contributed by atoms with Crippen molar-refractivity contribution in [2.24, 2.45) is 0 Å². The molecular weight excluding hydrogens is 348 g/mol. The molecule has 5 nitrogen and oxygen atoms in total. The summed E-state index contributed by atoms with van der Waals surface area (Å²) in [6.45, 7) is 1.89. The number of thioether (sulfide) groups is 1. The molecule has 0 saturated carbocycles. The van der Waals surface area contributed by atoms with E-state index in [-0.39, 0.29) is 12.6 Å². The zero-order valence-corrected chi connectivity index (χ0v) is 15.4. The third-order valence-electron chi connectivity index (χ3n) is 4.15. The highest BCUT2D eigenvalue weighted by Gasteiger charge is 2.32. The predicted octanol–water partition coefficient (Wildman–Crippen LogP) is 3.78. The lowest BCUT2D eigenvalue weighted by atomic mass is 9.95.